The molecule has 2 atom stereocenters. The minimum atomic E-state index is -1.24. The monoisotopic (exact) mass is 259 g/mol. The summed E-state index contributed by atoms with van der Waals surface area (Å²) < 4.78 is 9.40. The molecular weight excluding hydrogens is 242 g/mol. The van der Waals surface area contributed by atoms with E-state index in [0.29, 0.717) is 0 Å². The van der Waals surface area contributed by atoms with Crippen molar-refractivity contribution in [2.24, 2.45) is 5.92 Å². The average Bonchev–Trinajstić information content (AvgIpc) is 2.54. The van der Waals surface area contributed by atoms with Gasteiger partial charge < -0.3 is 19.5 Å². The van der Waals surface area contributed by atoms with E-state index in [0.717, 1.165) is 4.90 Å². The van der Waals surface area contributed by atoms with Gasteiger partial charge in [0, 0.05) is 6.54 Å². The molecule has 18 heavy (non-hydrogen) atoms. The van der Waals surface area contributed by atoms with Gasteiger partial charge in [-0.1, -0.05) is 0 Å². The van der Waals surface area contributed by atoms with Crippen molar-refractivity contribution in [3.8, 4) is 0 Å². The number of carbonyl (C=O) groups excluding carboxylic acids is 3. The van der Waals surface area contributed by atoms with Crippen molar-refractivity contribution in [3.05, 3.63) is 0 Å². The van der Waals surface area contributed by atoms with Crippen LogP contribution >= 0.6 is 0 Å². The maximum absolute atomic E-state index is 11.8. The number of rotatable bonds is 5. The molecular formula is C11H17NO6. The van der Waals surface area contributed by atoms with Gasteiger partial charge >= 0.3 is 11.9 Å². The van der Waals surface area contributed by atoms with Crippen molar-refractivity contribution < 1.29 is 29.0 Å². The summed E-state index contributed by atoms with van der Waals surface area (Å²) in [5.74, 6) is -3.17. The molecule has 7 nitrogen and oxygen atoms in total. The second-order valence-corrected chi connectivity index (χ2v) is 3.82. The van der Waals surface area contributed by atoms with E-state index >= 15 is 0 Å². The minimum absolute atomic E-state index is 0.0683. The highest BCUT2D eigenvalue weighted by Crippen LogP contribution is 2.20. The average molecular weight is 259 g/mol. The van der Waals surface area contributed by atoms with Crippen LogP contribution in [0.4, 0.5) is 0 Å². The van der Waals surface area contributed by atoms with Gasteiger partial charge in [0.2, 0.25) is 5.91 Å². The number of likely N-dealkylation sites (tertiary alicyclic amines) is 1. The van der Waals surface area contributed by atoms with E-state index in [9.17, 15) is 19.5 Å². The van der Waals surface area contributed by atoms with Crippen molar-refractivity contribution in [2.45, 2.75) is 20.0 Å². The number of nitrogens with zero attached hydrogens (tertiary/aromatic N) is 1. The highest BCUT2D eigenvalue weighted by Gasteiger charge is 2.45. The quantitative estimate of drug-likeness (QED) is 0.499. The lowest BCUT2D eigenvalue weighted by Gasteiger charge is -2.14. The molecule has 0 spiro atoms. The molecule has 1 saturated heterocycles. The summed E-state index contributed by atoms with van der Waals surface area (Å²) in [5, 5.41) is 9.65. The van der Waals surface area contributed by atoms with Crippen LogP contribution in [0.15, 0.2) is 0 Å². The maximum atomic E-state index is 11.8. The Hall–Kier alpha value is -1.63. The smallest absolute Gasteiger partial charge is 0.325 e. The maximum Gasteiger partial charge on any atom is 0.325 e. The van der Waals surface area contributed by atoms with Crippen LogP contribution in [0, 0.1) is 5.92 Å². The minimum Gasteiger partial charge on any atom is -0.465 e. The van der Waals surface area contributed by atoms with Crippen LogP contribution in [-0.2, 0) is 23.9 Å². The van der Waals surface area contributed by atoms with Crippen LogP contribution in [0.25, 0.3) is 0 Å². The first-order chi connectivity index (χ1) is 8.51. The number of hydrogen-bond donors (Lipinski definition) is 1. The molecule has 1 aliphatic rings. The summed E-state index contributed by atoms with van der Waals surface area (Å²) in [6.45, 7) is 3.28. The van der Waals surface area contributed by atoms with Gasteiger partial charge in [0.1, 0.15) is 6.54 Å². The summed E-state index contributed by atoms with van der Waals surface area (Å²) in [5.41, 5.74) is 0. The number of ether oxygens (including phenoxy) is 2. The number of amides is 1. The molecule has 0 aromatic rings. The zero-order chi connectivity index (χ0) is 13.7. The predicted molar refractivity (Wildman–Crippen MR) is 59.3 cm³/mol. The molecule has 0 aliphatic carbocycles. The fourth-order valence-electron chi connectivity index (χ4n) is 1.78. The predicted octanol–water partition coefficient (Wildman–Crippen LogP) is -1.07. The van der Waals surface area contributed by atoms with Gasteiger partial charge in [-0.15, -0.1) is 0 Å². The van der Waals surface area contributed by atoms with Gasteiger partial charge in [-0.3, -0.25) is 14.4 Å². The molecule has 102 valence electrons. The Kier molecular flexibility index (Phi) is 5.08. The summed E-state index contributed by atoms with van der Waals surface area (Å²) >= 11 is 0. The second kappa shape index (κ2) is 6.34. The fraction of sp³-hybridized carbons (Fsp3) is 0.727. The highest BCUT2D eigenvalue weighted by molar-refractivity contribution is 6.01. The van der Waals surface area contributed by atoms with Crippen molar-refractivity contribution in [3.63, 3.8) is 0 Å². The molecule has 1 amide bonds. The molecule has 0 aromatic heterocycles. The first kappa shape index (κ1) is 14.4. The SMILES string of the molecule is CCOC(=O)CN1C[C@@H](O)[C@@H](C(=O)OCC)C1=O. The Bertz CT molecular complexity index is 342. The molecule has 0 unspecified atom stereocenters. The normalized spacial score (nSPS) is 23.1. The van der Waals surface area contributed by atoms with E-state index < -0.39 is 29.9 Å². The largest absolute Gasteiger partial charge is 0.465 e. The van der Waals surface area contributed by atoms with Crippen molar-refractivity contribution in [1.29, 1.82) is 0 Å². The van der Waals surface area contributed by atoms with E-state index in [4.69, 9.17) is 9.47 Å². The van der Waals surface area contributed by atoms with Crippen LogP contribution in [0.3, 0.4) is 0 Å². The zero-order valence-corrected chi connectivity index (χ0v) is 10.4. The zero-order valence-electron chi connectivity index (χ0n) is 10.4. The molecule has 1 aliphatic heterocycles. The Balaban J connectivity index is 2.63. The highest BCUT2D eigenvalue weighted by atomic mass is 16.5. The van der Waals surface area contributed by atoms with E-state index in [1.54, 1.807) is 13.8 Å². The van der Waals surface area contributed by atoms with E-state index in [2.05, 4.69) is 0 Å². The van der Waals surface area contributed by atoms with Crippen LogP contribution in [0.1, 0.15) is 13.8 Å². The third-order valence-corrected chi connectivity index (χ3v) is 2.54. The number of β-amino-alcohol motifs (C(OH)–C–C–N with tert-alkyl or cyclic N) is 1. The van der Waals surface area contributed by atoms with E-state index in [1.807, 2.05) is 0 Å². The molecule has 0 aromatic carbocycles. The Morgan fingerprint density at radius 2 is 1.94 bits per heavy atom. The van der Waals surface area contributed by atoms with Crippen LogP contribution < -0.4 is 0 Å². The van der Waals surface area contributed by atoms with Crippen molar-refractivity contribution in [2.75, 3.05) is 26.3 Å². The van der Waals surface area contributed by atoms with Gasteiger partial charge in [-0.25, -0.2) is 0 Å². The number of carbonyl (C=O) groups is 3. The van der Waals surface area contributed by atoms with Gasteiger partial charge in [-0.2, -0.15) is 0 Å². The third kappa shape index (κ3) is 3.19. The Morgan fingerprint density at radius 1 is 1.33 bits per heavy atom. The lowest BCUT2D eigenvalue weighted by molar-refractivity contribution is -0.156. The molecule has 7 heteroatoms. The third-order valence-electron chi connectivity index (χ3n) is 2.54. The lowest BCUT2D eigenvalue weighted by atomic mass is 10.1. The van der Waals surface area contributed by atoms with Crippen LogP contribution in [-0.4, -0.2) is 60.3 Å². The number of aliphatic hydroxyl groups is 1. The second-order valence-electron chi connectivity index (χ2n) is 3.82. The van der Waals surface area contributed by atoms with Crippen molar-refractivity contribution in [1.82, 2.24) is 4.90 Å². The van der Waals surface area contributed by atoms with Gasteiger partial charge in [-0.05, 0) is 13.8 Å². The summed E-state index contributed by atoms with van der Waals surface area (Å²) in [7, 11) is 0. The Morgan fingerprint density at radius 3 is 2.50 bits per heavy atom. The number of esters is 2. The lowest BCUT2D eigenvalue weighted by Crippen LogP contribution is -2.36. The molecule has 1 rings (SSSR count). The summed E-state index contributed by atoms with van der Waals surface area (Å²) in [6, 6.07) is 0. The van der Waals surface area contributed by atoms with Gasteiger partial charge in [0.15, 0.2) is 5.92 Å². The summed E-state index contributed by atoms with van der Waals surface area (Å²) in [4.78, 5) is 35.6. The topological polar surface area (TPSA) is 93.1 Å². The fourth-order valence-corrected chi connectivity index (χ4v) is 1.78. The van der Waals surface area contributed by atoms with Crippen LogP contribution in [0.2, 0.25) is 0 Å². The standard InChI is InChI=1S/C11H17NO6/c1-3-17-8(14)6-12-5-7(13)9(10(12)15)11(16)18-4-2/h7,9,13H,3-6H2,1-2H3/t7-,9-/m1/s1. The van der Waals surface area contributed by atoms with E-state index in [-0.39, 0.29) is 26.3 Å². The van der Waals surface area contributed by atoms with E-state index in [1.165, 1.54) is 0 Å². The molecule has 0 bridgehead atoms. The first-order valence-electron chi connectivity index (χ1n) is 5.80. The molecule has 1 heterocycles. The Labute approximate surface area is 105 Å². The number of aliphatic hydroxyl groups excluding tert-OH is 1. The molecule has 0 radical (unpaired) electrons. The first-order valence-corrected chi connectivity index (χ1v) is 5.80. The number of hydrogen-bond acceptors (Lipinski definition) is 6. The van der Waals surface area contributed by atoms with Gasteiger partial charge in [0.25, 0.3) is 0 Å². The molecule has 0 saturated carbocycles. The molecule has 1 N–H and O–H groups in total. The van der Waals surface area contributed by atoms with Gasteiger partial charge in [0.05, 0.1) is 19.3 Å². The summed E-state index contributed by atoms with van der Waals surface area (Å²) in [6.07, 6.45) is -1.15. The molecule has 1 fully saturated rings. The van der Waals surface area contributed by atoms with Crippen molar-refractivity contribution >= 4 is 17.8 Å². The van der Waals surface area contributed by atoms with Crippen LogP contribution in [0.5, 0.6) is 0 Å².